The normalized spacial score (nSPS) is 12.1. The summed E-state index contributed by atoms with van der Waals surface area (Å²) in [5.74, 6) is -0.531. The number of amides is 1. The van der Waals surface area contributed by atoms with E-state index in [0.29, 0.717) is 54.8 Å². The summed E-state index contributed by atoms with van der Waals surface area (Å²) in [6.45, 7) is 1.88. The van der Waals surface area contributed by atoms with Crippen molar-refractivity contribution in [2.75, 3.05) is 4.72 Å². The summed E-state index contributed by atoms with van der Waals surface area (Å²) < 4.78 is 69.4. The van der Waals surface area contributed by atoms with Gasteiger partial charge in [-0.1, -0.05) is 19.1 Å². The number of nitrogens with two attached hydrogens (primary N) is 1. The monoisotopic (exact) mass is 509 g/mol. The standard InChI is InChI=1S/C24H26F3N3O4S/c1-2-7-23(32)30-18(8-3-6-11-22(28)31)15-16-14-17(12-13-20(16)30)29-35(33,34)21-10-5-4-9-19(21)24(25,26)27/h4-5,9-10,12-15,29H,2-3,6-8,11H2,1H3,(H2,28,31). The largest absolute Gasteiger partial charge is 0.417 e. The molecule has 1 heterocycles. The van der Waals surface area contributed by atoms with E-state index in [1.165, 1.54) is 18.2 Å². The van der Waals surface area contributed by atoms with Crippen molar-refractivity contribution in [2.45, 2.75) is 56.5 Å². The highest BCUT2D eigenvalue weighted by Gasteiger charge is 2.37. The molecule has 0 saturated heterocycles. The summed E-state index contributed by atoms with van der Waals surface area (Å²) in [5.41, 5.74) is 5.24. The molecule has 0 aliphatic heterocycles. The van der Waals surface area contributed by atoms with Crippen molar-refractivity contribution in [3.8, 4) is 0 Å². The van der Waals surface area contributed by atoms with Crippen LogP contribution in [-0.2, 0) is 27.4 Å². The molecule has 0 spiro atoms. The maximum Gasteiger partial charge on any atom is 0.417 e. The van der Waals surface area contributed by atoms with E-state index in [2.05, 4.69) is 4.72 Å². The van der Waals surface area contributed by atoms with Gasteiger partial charge in [0, 0.05) is 29.6 Å². The van der Waals surface area contributed by atoms with Crippen LogP contribution in [0.25, 0.3) is 10.9 Å². The van der Waals surface area contributed by atoms with E-state index >= 15 is 0 Å². The van der Waals surface area contributed by atoms with E-state index in [1.807, 2.05) is 6.92 Å². The number of alkyl halides is 3. The van der Waals surface area contributed by atoms with Crippen molar-refractivity contribution < 1.29 is 31.2 Å². The van der Waals surface area contributed by atoms with Crippen LogP contribution in [0.5, 0.6) is 0 Å². The highest BCUT2D eigenvalue weighted by atomic mass is 32.2. The number of carbonyl (C=O) groups is 2. The summed E-state index contributed by atoms with van der Waals surface area (Å²) in [6, 6.07) is 10.1. The van der Waals surface area contributed by atoms with Crippen LogP contribution in [0.15, 0.2) is 53.4 Å². The number of primary amides is 1. The van der Waals surface area contributed by atoms with Crippen LogP contribution in [0.3, 0.4) is 0 Å². The Morgan fingerprint density at radius 1 is 1.03 bits per heavy atom. The van der Waals surface area contributed by atoms with Crippen molar-refractivity contribution in [1.82, 2.24) is 4.57 Å². The number of rotatable bonds is 10. The lowest BCUT2D eigenvalue weighted by Crippen LogP contribution is -2.18. The van der Waals surface area contributed by atoms with E-state index in [-0.39, 0.29) is 18.0 Å². The number of unbranched alkanes of at least 4 members (excludes halogenated alkanes) is 1. The molecule has 11 heteroatoms. The molecule has 0 aliphatic carbocycles. The molecule has 0 bridgehead atoms. The van der Waals surface area contributed by atoms with Crippen molar-refractivity contribution in [3.63, 3.8) is 0 Å². The summed E-state index contributed by atoms with van der Waals surface area (Å²) >= 11 is 0. The number of benzene rings is 2. The first-order valence-electron chi connectivity index (χ1n) is 11.1. The fourth-order valence-electron chi connectivity index (χ4n) is 3.89. The molecule has 188 valence electrons. The zero-order valence-electron chi connectivity index (χ0n) is 19.1. The van der Waals surface area contributed by atoms with Gasteiger partial charge in [-0.2, -0.15) is 13.2 Å². The number of nitrogens with zero attached hydrogens (tertiary/aromatic N) is 1. The molecule has 0 radical (unpaired) electrons. The second-order valence-electron chi connectivity index (χ2n) is 8.16. The third-order valence-corrected chi connectivity index (χ3v) is 6.87. The number of aryl methyl sites for hydroxylation is 1. The molecular weight excluding hydrogens is 483 g/mol. The predicted octanol–water partition coefficient (Wildman–Crippen LogP) is 5.10. The topological polar surface area (TPSA) is 111 Å². The Balaban J connectivity index is 1.96. The van der Waals surface area contributed by atoms with Gasteiger partial charge >= 0.3 is 6.18 Å². The van der Waals surface area contributed by atoms with E-state index in [9.17, 15) is 31.2 Å². The molecule has 3 rings (SSSR count). The number of sulfonamides is 1. The first-order valence-corrected chi connectivity index (χ1v) is 12.6. The maximum absolute atomic E-state index is 13.3. The van der Waals surface area contributed by atoms with Crippen LogP contribution < -0.4 is 10.5 Å². The first kappa shape index (κ1) is 26.3. The Labute approximate surface area is 201 Å². The van der Waals surface area contributed by atoms with Crippen LogP contribution in [0.2, 0.25) is 0 Å². The molecule has 35 heavy (non-hydrogen) atoms. The fraction of sp³-hybridized carbons (Fsp3) is 0.333. The maximum atomic E-state index is 13.3. The third-order valence-electron chi connectivity index (χ3n) is 5.43. The van der Waals surface area contributed by atoms with Gasteiger partial charge in [-0.15, -0.1) is 0 Å². The second kappa shape index (κ2) is 10.5. The van der Waals surface area contributed by atoms with Crippen LogP contribution in [0.4, 0.5) is 18.9 Å². The van der Waals surface area contributed by atoms with Gasteiger partial charge in [0.15, 0.2) is 0 Å². The minimum atomic E-state index is -4.84. The van der Waals surface area contributed by atoms with Gasteiger partial charge in [-0.25, -0.2) is 8.42 Å². The molecule has 0 unspecified atom stereocenters. The van der Waals surface area contributed by atoms with Gasteiger partial charge in [0.25, 0.3) is 10.0 Å². The van der Waals surface area contributed by atoms with Crippen molar-refractivity contribution in [3.05, 3.63) is 59.8 Å². The molecule has 1 aromatic heterocycles. The van der Waals surface area contributed by atoms with Crippen molar-refractivity contribution >= 4 is 38.4 Å². The molecule has 3 aromatic rings. The summed E-state index contributed by atoms with van der Waals surface area (Å²) in [4.78, 5) is 22.9. The smallest absolute Gasteiger partial charge is 0.370 e. The van der Waals surface area contributed by atoms with Crippen LogP contribution >= 0.6 is 0 Å². The number of anilines is 1. The summed E-state index contributed by atoms with van der Waals surface area (Å²) in [6.07, 6.45) is -1.99. The van der Waals surface area contributed by atoms with Gasteiger partial charge in [0.1, 0.15) is 0 Å². The van der Waals surface area contributed by atoms with E-state index < -0.39 is 32.6 Å². The van der Waals surface area contributed by atoms with Crippen molar-refractivity contribution in [2.24, 2.45) is 5.73 Å². The quantitative estimate of drug-likeness (QED) is 0.371. The van der Waals surface area contributed by atoms with Crippen LogP contribution in [0.1, 0.15) is 55.1 Å². The zero-order valence-corrected chi connectivity index (χ0v) is 19.9. The Morgan fingerprint density at radius 3 is 2.40 bits per heavy atom. The summed E-state index contributed by atoms with van der Waals surface area (Å²) in [7, 11) is -4.54. The van der Waals surface area contributed by atoms with Gasteiger partial charge < -0.3 is 5.73 Å². The number of fused-ring (bicyclic) bond motifs is 1. The Morgan fingerprint density at radius 2 is 1.74 bits per heavy atom. The number of hydrogen-bond donors (Lipinski definition) is 2. The van der Waals surface area contributed by atoms with Crippen LogP contribution in [0, 0.1) is 0 Å². The number of aromatic nitrogens is 1. The van der Waals surface area contributed by atoms with E-state index in [1.54, 1.807) is 16.7 Å². The lowest BCUT2D eigenvalue weighted by Gasteiger charge is -2.14. The number of hydrogen-bond acceptors (Lipinski definition) is 4. The first-order chi connectivity index (χ1) is 16.4. The zero-order chi connectivity index (χ0) is 25.8. The van der Waals surface area contributed by atoms with Gasteiger partial charge in [-0.3, -0.25) is 18.9 Å². The molecular formula is C24H26F3N3O4S. The molecule has 0 saturated carbocycles. The summed E-state index contributed by atoms with van der Waals surface area (Å²) in [5, 5.41) is 0.559. The molecule has 0 fully saturated rings. The lowest BCUT2D eigenvalue weighted by atomic mass is 10.1. The number of nitrogens with one attached hydrogen (secondary N) is 1. The van der Waals surface area contributed by atoms with Gasteiger partial charge in [-0.05, 0) is 62.1 Å². The molecule has 3 N–H and O–H groups in total. The van der Waals surface area contributed by atoms with E-state index in [4.69, 9.17) is 5.73 Å². The molecule has 2 aromatic carbocycles. The second-order valence-corrected chi connectivity index (χ2v) is 9.81. The van der Waals surface area contributed by atoms with Gasteiger partial charge in [0.2, 0.25) is 11.8 Å². The fourth-order valence-corrected chi connectivity index (χ4v) is 5.17. The minimum Gasteiger partial charge on any atom is -0.370 e. The molecule has 1 amide bonds. The minimum absolute atomic E-state index is 0.0647. The lowest BCUT2D eigenvalue weighted by molar-refractivity contribution is -0.139. The van der Waals surface area contributed by atoms with E-state index in [0.717, 1.165) is 12.1 Å². The average molecular weight is 510 g/mol. The highest BCUT2D eigenvalue weighted by Crippen LogP contribution is 2.35. The Bertz CT molecular complexity index is 1350. The third kappa shape index (κ3) is 6.21. The molecule has 0 atom stereocenters. The number of carbonyl (C=O) groups excluding carboxylic acids is 2. The van der Waals surface area contributed by atoms with Crippen LogP contribution in [-0.4, -0.2) is 24.8 Å². The average Bonchev–Trinajstić information content (AvgIpc) is 3.13. The Kier molecular flexibility index (Phi) is 7.89. The highest BCUT2D eigenvalue weighted by molar-refractivity contribution is 7.92. The predicted molar refractivity (Wildman–Crippen MR) is 126 cm³/mol. The number of halogens is 3. The van der Waals surface area contributed by atoms with Gasteiger partial charge in [0.05, 0.1) is 16.0 Å². The Hall–Kier alpha value is -3.34. The molecule has 7 nitrogen and oxygen atoms in total. The SMILES string of the molecule is CCCC(=O)n1c(CCCCC(N)=O)cc2cc(NS(=O)(=O)c3ccccc3C(F)(F)F)ccc21. The van der Waals surface area contributed by atoms with Crippen molar-refractivity contribution in [1.29, 1.82) is 0 Å². The molecule has 0 aliphatic rings.